The molecule has 0 aromatic rings. The first-order valence-corrected chi connectivity index (χ1v) is 8.70. The summed E-state index contributed by atoms with van der Waals surface area (Å²) in [6.07, 6.45) is 11.6. The molecule has 1 spiro atoms. The Morgan fingerprint density at radius 1 is 0.900 bits per heavy atom. The number of nitrogens with two attached hydrogens (primary N) is 1. The summed E-state index contributed by atoms with van der Waals surface area (Å²) < 4.78 is 11.7. The van der Waals surface area contributed by atoms with Gasteiger partial charge < -0.3 is 15.2 Å². The summed E-state index contributed by atoms with van der Waals surface area (Å²) in [7, 11) is 0. The molecule has 2 saturated heterocycles. The van der Waals surface area contributed by atoms with Crippen molar-refractivity contribution in [2.24, 2.45) is 23.5 Å². The Morgan fingerprint density at radius 2 is 1.80 bits per heavy atom. The summed E-state index contributed by atoms with van der Waals surface area (Å²) >= 11 is 0. The Morgan fingerprint density at radius 3 is 2.55 bits per heavy atom. The second kappa shape index (κ2) is 4.96. The molecule has 2 N–H and O–H groups in total. The van der Waals surface area contributed by atoms with Gasteiger partial charge >= 0.3 is 0 Å². The Hall–Kier alpha value is -0.120. The monoisotopic (exact) mass is 279 g/mol. The third-order valence-electron chi connectivity index (χ3n) is 6.52. The molecular formula is C17H29NO2. The fourth-order valence-corrected chi connectivity index (χ4v) is 5.11. The van der Waals surface area contributed by atoms with Gasteiger partial charge in [-0.3, -0.25) is 0 Å². The van der Waals surface area contributed by atoms with Crippen molar-refractivity contribution in [3.63, 3.8) is 0 Å². The third kappa shape index (κ3) is 2.42. The van der Waals surface area contributed by atoms with Crippen molar-refractivity contribution in [2.45, 2.75) is 68.9 Å². The fourth-order valence-electron chi connectivity index (χ4n) is 5.11. The van der Waals surface area contributed by atoms with Crippen LogP contribution in [0.25, 0.3) is 0 Å². The largest absolute Gasteiger partial charge is 0.378 e. The highest BCUT2D eigenvalue weighted by atomic mass is 16.6. The predicted octanol–water partition coefficient (Wildman–Crippen LogP) is 2.87. The molecule has 20 heavy (non-hydrogen) atoms. The van der Waals surface area contributed by atoms with E-state index in [4.69, 9.17) is 15.2 Å². The highest BCUT2D eigenvalue weighted by Crippen LogP contribution is 2.50. The Balaban J connectivity index is 1.47. The normalized spacial score (nSPS) is 49.6. The molecule has 2 aliphatic carbocycles. The van der Waals surface area contributed by atoms with Crippen LogP contribution in [-0.4, -0.2) is 31.0 Å². The van der Waals surface area contributed by atoms with Gasteiger partial charge in [0, 0.05) is 25.2 Å². The lowest BCUT2D eigenvalue weighted by Gasteiger charge is -2.49. The smallest absolute Gasteiger partial charge is 0.0940 e. The minimum Gasteiger partial charge on any atom is -0.378 e. The maximum absolute atomic E-state index is 6.94. The van der Waals surface area contributed by atoms with Crippen LogP contribution in [0.1, 0.15) is 57.8 Å². The Kier molecular flexibility index (Phi) is 3.36. The first-order valence-electron chi connectivity index (χ1n) is 8.70. The van der Waals surface area contributed by atoms with Crippen molar-refractivity contribution < 1.29 is 9.47 Å². The lowest BCUT2D eigenvalue weighted by atomic mass is 9.64. The number of ether oxygens (including phenoxy) is 2. The zero-order chi connectivity index (χ0) is 13.6. The maximum Gasteiger partial charge on any atom is 0.0940 e. The molecular weight excluding hydrogens is 250 g/mol. The van der Waals surface area contributed by atoms with Crippen LogP contribution in [0.4, 0.5) is 0 Å². The topological polar surface area (TPSA) is 44.5 Å². The van der Waals surface area contributed by atoms with E-state index in [0.717, 1.165) is 50.9 Å². The van der Waals surface area contributed by atoms with E-state index in [1.807, 2.05) is 0 Å². The van der Waals surface area contributed by atoms with E-state index in [2.05, 4.69) is 0 Å². The summed E-state index contributed by atoms with van der Waals surface area (Å²) in [5, 5.41) is 0. The average molecular weight is 279 g/mol. The van der Waals surface area contributed by atoms with Gasteiger partial charge in [-0.15, -0.1) is 0 Å². The van der Waals surface area contributed by atoms with Gasteiger partial charge in [-0.1, -0.05) is 12.8 Å². The highest BCUT2D eigenvalue weighted by Gasteiger charge is 2.49. The van der Waals surface area contributed by atoms with E-state index < -0.39 is 0 Å². The predicted molar refractivity (Wildman–Crippen MR) is 78.4 cm³/mol. The standard InChI is InChI=1S/C17H29NO2/c18-17(6-1-2-14(10-17)13-3-4-13)15-5-8-20-16(11-15)7-9-19-12-16/h13-15H,1-12,18H2. The lowest BCUT2D eigenvalue weighted by molar-refractivity contribution is -0.114. The molecule has 4 rings (SSSR count). The second-order valence-corrected chi connectivity index (χ2v) is 7.95. The van der Waals surface area contributed by atoms with Crippen LogP contribution in [0.3, 0.4) is 0 Å². The lowest BCUT2D eigenvalue weighted by Crippen LogP contribution is -2.56. The van der Waals surface area contributed by atoms with Crippen molar-refractivity contribution in [3.05, 3.63) is 0 Å². The van der Waals surface area contributed by atoms with Gasteiger partial charge in [-0.2, -0.15) is 0 Å². The highest BCUT2D eigenvalue weighted by molar-refractivity contribution is 5.03. The van der Waals surface area contributed by atoms with E-state index in [0.29, 0.717) is 5.92 Å². The second-order valence-electron chi connectivity index (χ2n) is 7.95. The van der Waals surface area contributed by atoms with Gasteiger partial charge in [0.15, 0.2) is 0 Å². The summed E-state index contributed by atoms with van der Waals surface area (Å²) in [6.45, 7) is 2.56. The van der Waals surface area contributed by atoms with E-state index in [1.165, 1.54) is 38.5 Å². The van der Waals surface area contributed by atoms with E-state index in [1.54, 1.807) is 0 Å². The van der Waals surface area contributed by atoms with Crippen LogP contribution < -0.4 is 5.73 Å². The molecule has 0 aromatic heterocycles. The molecule has 3 heteroatoms. The Bertz CT molecular complexity index is 362. The minimum absolute atomic E-state index is 0.0157. The molecule has 4 atom stereocenters. The first-order chi connectivity index (χ1) is 9.69. The van der Waals surface area contributed by atoms with Gasteiger partial charge in [-0.05, 0) is 56.3 Å². The number of hydrogen-bond donors (Lipinski definition) is 1. The molecule has 4 unspecified atom stereocenters. The van der Waals surface area contributed by atoms with Crippen molar-refractivity contribution in [3.8, 4) is 0 Å². The van der Waals surface area contributed by atoms with Crippen molar-refractivity contribution in [1.82, 2.24) is 0 Å². The molecule has 2 saturated carbocycles. The molecule has 3 nitrogen and oxygen atoms in total. The van der Waals surface area contributed by atoms with Crippen molar-refractivity contribution in [1.29, 1.82) is 0 Å². The van der Waals surface area contributed by atoms with Crippen molar-refractivity contribution in [2.75, 3.05) is 19.8 Å². The SMILES string of the molecule is NC1(C2CCOC3(CCOC3)C2)CCCC(C2CC2)C1. The number of rotatable bonds is 2. The number of hydrogen-bond acceptors (Lipinski definition) is 3. The zero-order valence-corrected chi connectivity index (χ0v) is 12.6. The van der Waals surface area contributed by atoms with Crippen LogP contribution in [0, 0.1) is 17.8 Å². The molecule has 4 fully saturated rings. The zero-order valence-electron chi connectivity index (χ0n) is 12.6. The van der Waals surface area contributed by atoms with Crippen LogP contribution >= 0.6 is 0 Å². The summed E-state index contributed by atoms with van der Waals surface area (Å²) in [5.74, 6) is 2.59. The van der Waals surface area contributed by atoms with Crippen LogP contribution in [0.2, 0.25) is 0 Å². The van der Waals surface area contributed by atoms with Crippen molar-refractivity contribution >= 4 is 0 Å². The maximum atomic E-state index is 6.94. The van der Waals surface area contributed by atoms with E-state index in [9.17, 15) is 0 Å². The van der Waals surface area contributed by atoms with Gasteiger partial charge in [0.2, 0.25) is 0 Å². The molecule has 4 aliphatic rings. The molecule has 0 aromatic carbocycles. The van der Waals surface area contributed by atoms with Crippen LogP contribution in [0.15, 0.2) is 0 Å². The van der Waals surface area contributed by atoms with Gasteiger partial charge in [0.1, 0.15) is 0 Å². The van der Waals surface area contributed by atoms with Gasteiger partial charge in [-0.25, -0.2) is 0 Å². The van der Waals surface area contributed by atoms with Crippen LogP contribution in [0.5, 0.6) is 0 Å². The summed E-state index contributed by atoms with van der Waals surface area (Å²) in [5.41, 5.74) is 7.05. The molecule has 114 valence electrons. The Labute approximate surface area is 122 Å². The average Bonchev–Trinajstić information content (AvgIpc) is 3.22. The van der Waals surface area contributed by atoms with Gasteiger partial charge in [0.25, 0.3) is 0 Å². The molecule has 0 bridgehead atoms. The van der Waals surface area contributed by atoms with E-state index >= 15 is 0 Å². The third-order valence-corrected chi connectivity index (χ3v) is 6.52. The molecule has 2 heterocycles. The summed E-state index contributed by atoms with van der Waals surface area (Å²) in [4.78, 5) is 0. The van der Waals surface area contributed by atoms with Gasteiger partial charge in [0.05, 0.1) is 12.2 Å². The fraction of sp³-hybridized carbons (Fsp3) is 1.00. The van der Waals surface area contributed by atoms with E-state index in [-0.39, 0.29) is 11.1 Å². The first kappa shape index (κ1) is 13.5. The minimum atomic E-state index is 0.0157. The quantitative estimate of drug-likeness (QED) is 0.845. The molecule has 0 radical (unpaired) electrons. The van der Waals surface area contributed by atoms with Crippen LogP contribution in [-0.2, 0) is 9.47 Å². The molecule has 2 aliphatic heterocycles. The summed E-state index contributed by atoms with van der Waals surface area (Å²) in [6, 6.07) is 0. The molecule has 0 amide bonds.